The summed E-state index contributed by atoms with van der Waals surface area (Å²) in [6, 6.07) is 16.6. The average Bonchev–Trinajstić information content (AvgIpc) is 3.43. The Kier molecular flexibility index (Phi) is 4.94. The van der Waals surface area contributed by atoms with E-state index in [4.69, 9.17) is 0 Å². The average molecular weight is 389 g/mol. The summed E-state index contributed by atoms with van der Waals surface area (Å²) in [7, 11) is 0. The van der Waals surface area contributed by atoms with Gasteiger partial charge >= 0.3 is 0 Å². The van der Waals surface area contributed by atoms with Crippen LogP contribution >= 0.6 is 11.3 Å². The van der Waals surface area contributed by atoms with Crippen molar-refractivity contribution in [2.24, 2.45) is 0 Å². The molecule has 28 heavy (non-hydrogen) atoms. The number of nitrogens with zero attached hydrogens (tertiary/aromatic N) is 3. The second kappa shape index (κ2) is 7.85. The third kappa shape index (κ3) is 3.67. The summed E-state index contributed by atoms with van der Waals surface area (Å²) in [4.78, 5) is 29.6. The van der Waals surface area contributed by atoms with Gasteiger partial charge in [-0.05, 0) is 35.7 Å². The molecule has 0 atom stereocenters. The van der Waals surface area contributed by atoms with Crippen LogP contribution in [0.25, 0.3) is 16.3 Å². The first kappa shape index (κ1) is 17.6. The maximum atomic E-state index is 12.8. The predicted octanol–water partition coefficient (Wildman–Crippen LogP) is 3.07. The van der Waals surface area contributed by atoms with E-state index in [-0.39, 0.29) is 0 Å². The summed E-state index contributed by atoms with van der Waals surface area (Å²) in [6.45, 7) is 0. The minimum absolute atomic E-state index is 0.348. The number of thiophene rings is 1. The number of aromatic nitrogens is 3. The molecule has 2 N–H and O–H groups in total. The van der Waals surface area contributed by atoms with Gasteiger partial charge in [-0.15, -0.1) is 11.3 Å². The molecule has 138 valence electrons. The molecule has 0 aliphatic heterocycles. The van der Waals surface area contributed by atoms with E-state index in [9.17, 15) is 9.59 Å². The normalized spacial score (nSPS) is 10.4. The van der Waals surface area contributed by atoms with E-state index in [0.29, 0.717) is 16.8 Å². The van der Waals surface area contributed by atoms with Crippen LogP contribution in [0.3, 0.4) is 0 Å². The number of carbonyl (C=O) groups excluding carboxylic acids is 2. The second-order valence-electron chi connectivity index (χ2n) is 5.80. The molecule has 0 bridgehead atoms. The minimum Gasteiger partial charge on any atom is -0.267 e. The number of hydrazine groups is 1. The number of hydrogen-bond donors (Lipinski definition) is 2. The molecule has 8 heteroatoms. The Labute approximate surface area is 164 Å². The van der Waals surface area contributed by atoms with Gasteiger partial charge in [0.15, 0.2) is 0 Å². The molecule has 0 aliphatic carbocycles. The lowest BCUT2D eigenvalue weighted by Gasteiger charge is -2.06. The van der Waals surface area contributed by atoms with E-state index in [0.717, 1.165) is 10.6 Å². The van der Waals surface area contributed by atoms with Gasteiger partial charge in [0, 0.05) is 18.6 Å². The smallest absolute Gasteiger partial charge is 0.267 e. The van der Waals surface area contributed by atoms with Gasteiger partial charge in [-0.1, -0.05) is 24.3 Å². The van der Waals surface area contributed by atoms with E-state index >= 15 is 0 Å². The molecular weight excluding hydrogens is 374 g/mol. The fourth-order valence-corrected chi connectivity index (χ4v) is 3.32. The van der Waals surface area contributed by atoms with Gasteiger partial charge in [-0.3, -0.25) is 25.4 Å². The molecular formula is C20H15N5O2S. The van der Waals surface area contributed by atoms with E-state index in [1.165, 1.54) is 17.5 Å². The number of hydrogen-bond acceptors (Lipinski definition) is 5. The second-order valence-corrected chi connectivity index (χ2v) is 6.75. The molecule has 0 unspecified atom stereocenters. The lowest BCUT2D eigenvalue weighted by Crippen LogP contribution is -2.41. The van der Waals surface area contributed by atoms with Crippen molar-refractivity contribution in [1.29, 1.82) is 0 Å². The van der Waals surface area contributed by atoms with Gasteiger partial charge < -0.3 is 0 Å². The van der Waals surface area contributed by atoms with Crippen molar-refractivity contribution in [3.05, 3.63) is 89.7 Å². The van der Waals surface area contributed by atoms with Gasteiger partial charge in [0.25, 0.3) is 11.8 Å². The molecule has 1 aromatic carbocycles. The van der Waals surface area contributed by atoms with Crippen LogP contribution < -0.4 is 10.9 Å². The van der Waals surface area contributed by atoms with Crippen LogP contribution in [0.2, 0.25) is 0 Å². The SMILES string of the molecule is O=C(NNC(=O)c1cn(-c2ccccc2)nc1-c1cccs1)c1cccnc1. The van der Waals surface area contributed by atoms with Crippen LogP contribution in [-0.2, 0) is 0 Å². The highest BCUT2D eigenvalue weighted by Gasteiger charge is 2.20. The highest BCUT2D eigenvalue weighted by atomic mass is 32.1. The van der Waals surface area contributed by atoms with Gasteiger partial charge in [0.1, 0.15) is 5.69 Å². The number of benzene rings is 1. The molecule has 0 aliphatic rings. The molecule has 0 fully saturated rings. The lowest BCUT2D eigenvalue weighted by atomic mass is 10.2. The number of nitrogens with one attached hydrogen (secondary N) is 2. The summed E-state index contributed by atoms with van der Waals surface area (Å²) in [5.41, 5.74) is 6.94. The van der Waals surface area contributed by atoms with Gasteiger partial charge in [-0.2, -0.15) is 5.10 Å². The fraction of sp³-hybridized carbons (Fsp3) is 0. The molecule has 0 saturated heterocycles. The fourth-order valence-electron chi connectivity index (χ4n) is 2.60. The quantitative estimate of drug-likeness (QED) is 0.525. The van der Waals surface area contributed by atoms with Crippen LogP contribution in [0.4, 0.5) is 0 Å². The zero-order valence-electron chi connectivity index (χ0n) is 14.6. The van der Waals surface area contributed by atoms with Crippen molar-refractivity contribution in [3.8, 4) is 16.3 Å². The first-order valence-electron chi connectivity index (χ1n) is 8.42. The van der Waals surface area contributed by atoms with Crippen molar-refractivity contribution < 1.29 is 9.59 Å². The van der Waals surface area contributed by atoms with Crippen molar-refractivity contribution in [2.75, 3.05) is 0 Å². The maximum absolute atomic E-state index is 12.8. The van der Waals surface area contributed by atoms with Crippen LogP contribution in [0.1, 0.15) is 20.7 Å². The van der Waals surface area contributed by atoms with Crippen molar-refractivity contribution >= 4 is 23.2 Å². The molecule has 3 heterocycles. The van der Waals surface area contributed by atoms with Crippen LogP contribution in [0, 0.1) is 0 Å². The Hall–Kier alpha value is -3.78. The van der Waals surface area contributed by atoms with Crippen LogP contribution in [-0.4, -0.2) is 26.6 Å². The summed E-state index contributed by atoms with van der Waals surface area (Å²) in [5.74, 6) is -0.905. The summed E-state index contributed by atoms with van der Waals surface area (Å²) in [5, 5.41) is 6.49. The largest absolute Gasteiger partial charge is 0.273 e. The van der Waals surface area contributed by atoms with E-state index in [1.807, 2.05) is 47.8 Å². The van der Waals surface area contributed by atoms with E-state index < -0.39 is 11.8 Å². The highest BCUT2D eigenvalue weighted by Crippen LogP contribution is 2.27. The molecule has 3 aromatic heterocycles. The van der Waals surface area contributed by atoms with Crippen LogP contribution in [0.15, 0.2) is 78.6 Å². The first-order chi connectivity index (χ1) is 13.7. The Morgan fingerprint density at radius 1 is 0.929 bits per heavy atom. The van der Waals surface area contributed by atoms with E-state index in [1.54, 1.807) is 29.2 Å². The monoisotopic (exact) mass is 389 g/mol. The summed E-state index contributed by atoms with van der Waals surface area (Å²) < 4.78 is 1.65. The number of para-hydroxylation sites is 1. The standard InChI is InChI=1S/C20H15N5O2S/c26-19(14-6-4-10-21-12-14)22-23-20(27)16-13-25(15-7-2-1-3-8-15)24-18(16)17-9-5-11-28-17/h1-13H,(H,22,26)(H,23,27). The van der Waals surface area contributed by atoms with Crippen molar-refractivity contribution in [1.82, 2.24) is 25.6 Å². The summed E-state index contributed by atoms with van der Waals surface area (Å²) >= 11 is 1.49. The molecule has 0 radical (unpaired) electrons. The first-order valence-corrected chi connectivity index (χ1v) is 9.30. The number of pyridine rings is 1. The molecule has 0 spiro atoms. The zero-order valence-corrected chi connectivity index (χ0v) is 15.4. The van der Waals surface area contributed by atoms with Crippen molar-refractivity contribution in [2.45, 2.75) is 0 Å². The van der Waals surface area contributed by atoms with Gasteiger partial charge in [0.2, 0.25) is 0 Å². The Bertz CT molecular complexity index is 1090. The molecule has 4 rings (SSSR count). The van der Waals surface area contributed by atoms with Gasteiger partial charge in [-0.25, -0.2) is 4.68 Å². The van der Waals surface area contributed by atoms with Gasteiger partial charge in [0.05, 0.1) is 21.7 Å². The number of carbonyl (C=O) groups is 2. The topological polar surface area (TPSA) is 88.9 Å². The lowest BCUT2D eigenvalue weighted by molar-refractivity contribution is 0.0847. The highest BCUT2D eigenvalue weighted by molar-refractivity contribution is 7.13. The molecule has 2 amide bonds. The zero-order chi connectivity index (χ0) is 19.3. The van der Waals surface area contributed by atoms with Crippen LogP contribution in [0.5, 0.6) is 0 Å². The predicted molar refractivity (Wildman–Crippen MR) is 106 cm³/mol. The molecule has 7 nitrogen and oxygen atoms in total. The maximum Gasteiger partial charge on any atom is 0.273 e. The Morgan fingerprint density at radius 3 is 2.46 bits per heavy atom. The van der Waals surface area contributed by atoms with E-state index in [2.05, 4.69) is 20.9 Å². The third-order valence-corrected chi connectivity index (χ3v) is 4.82. The summed E-state index contributed by atoms with van der Waals surface area (Å²) in [6.07, 6.45) is 4.64. The van der Waals surface area contributed by atoms with Crippen molar-refractivity contribution in [3.63, 3.8) is 0 Å². The number of rotatable bonds is 4. The number of amides is 2. The molecule has 0 saturated carbocycles. The third-order valence-electron chi connectivity index (χ3n) is 3.95. The molecule has 4 aromatic rings. The Balaban J connectivity index is 1.60. The Morgan fingerprint density at radius 2 is 1.75 bits per heavy atom. The minimum atomic E-state index is -0.456.